The first-order chi connectivity index (χ1) is 12.0. The van der Waals surface area contributed by atoms with Crippen LogP contribution in [0.1, 0.15) is 0 Å². The first kappa shape index (κ1) is 16.5. The van der Waals surface area contributed by atoms with E-state index >= 15 is 0 Å². The molecule has 25 heavy (non-hydrogen) atoms. The zero-order chi connectivity index (χ0) is 17.4. The minimum atomic E-state index is -3.32. The molecule has 2 aromatic rings. The highest BCUT2D eigenvalue weighted by Gasteiger charge is 2.48. The highest BCUT2D eigenvalue weighted by molar-refractivity contribution is 7.88. The van der Waals surface area contributed by atoms with Crippen molar-refractivity contribution in [3.05, 3.63) is 30.7 Å². The molecular weight excluding hydrogens is 348 g/mol. The molecule has 2 fully saturated rings. The Labute approximate surface area is 144 Å². The van der Waals surface area contributed by atoms with Crippen molar-refractivity contribution in [3.63, 3.8) is 0 Å². The molecule has 0 bridgehead atoms. The Bertz CT molecular complexity index is 841. The van der Waals surface area contributed by atoms with Gasteiger partial charge in [0.05, 0.1) is 37.8 Å². The van der Waals surface area contributed by atoms with Crippen LogP contribution in [-0.4, -0.2) is 62.1 Å². The lowest BCUT2D eigenvalue weighted by molar-refractivity contribution is 0.0690. The van der Waals surface area contributed by atoms with Gasteiger partial charge in [-0.05, 0) is 18.2 Å². The third-order valence-corrected chi connectivity index (χ3v) is 4.89. The number of ether oxygens (including phenoxy) is 2. The zero-order valence-corrected chi connectivity index (χ0v) is 14.3. The van der Waals surface area contributed by atoms with E-state index in [1.54, 1.807) is 24.6 Å². The Morgan fingerprint density at radius 1 is 1.16 bits per heavy atom. The third-order valence-electron chi connectivity index (χ3n) is 4.16. The molecule has 2 N–H and O–H groups in total. The predicted octanol–water partition coefficient (Wildman–Crippen LogP) is 0.233. The summed E-state index contributed by atoms with van der Waals surface area (Å²) in [5, 5.41) is 3.21. The number of furan rings is 1. The van der Waals surface area contributed by atoms with E-state index in [2.05, 4.69) is 20.0 Å². The van der Waals surface area contributed by atoms with Crippen LogP contribution in [0.4, 0.5) is 5.95 Å². The van der Waals surface area contributed by atoms with Gasteiger partial charge < -0.3 is 19.2 Å². The van der Waals surface area contributed by atoms with Gasteiger partial charge in [-0.15, -0.1) is 0 Å². The standard InChI is InChI=1S/C15H18N4O5S/c1-25(20,21)19-11-8-24-13-10(7-23-14(11)13)18-15-16-5-4-9(17-15)12-3-2-6-22-12/h2-6,10-11,13-14,19H,7-8H2,1H3,(H,16,17,18). The van der Waals surface area contributed by atoms with Crippen LogP contribution < -0.4 is 10.0 Å². The van der Waals surface area contributed by atoms with Crippen LogP contribution in [0.2, 0.25) is 0 Å². The van der Waals surface area contributed by atoms with Gasteiger partial charge in [-0.3, -0.25) is 0 Å². The van der Waals surface area contributed by atoms with E-state index in [1.807, 2.05) is 6.07 Å². The molecule has 0 spiro atoms. The molecule has 4 atom stereocenters. The van der Waals surface area contributed by atoms with Crippen molar-refractivity contribution in [1.29, 1.82) is 0 Å². The minimum Gasteiger partial charge on any atom is -0.463 e. The molecule has 134 valence electrons. The van der Waals surface area contributed by atoms with Crippen LogP contribution >= 0.6 is 0 Å². The molecule has 0 amide bonds. The lowest BCUT2D eigenvalue weighted by Crippen LogP contribution is -2.44. The van der Waals surface area contributed by atoms with Gasteiger partial charge in [-0.25, -0.2) is 23.1 Å². The van der Waals surface area contributed by atoms with Crippen LogP contribution in [-0.2, 0) is 19.5 Å². The molecule has 4 heterocycles. The van der Waals surface area contributed by atoms with Gasteiger partial charge >= 0.3 is 0 Å². The summed E-state index contributed by atoms with van der Waals surface area (Å²) in [4.78, 5) is 8.65. The zero-order valence-electron chi connectivity index (χ0n) is 13.5. The van der Waals surface area contributed by atoms with E-state index < -0.39 is 10.0 Å². The molecule has 0 saturated carbocycles. The monoisotopic (exact) mass is 366 g/mol. The third kappa shape index (κ3) is 3.52. The van der Waals surface area contributed by atoms with Crippen LogP contribution in [0.25, 0.3) is 11.5 Å². The molecular formula is C15H18N4O5S. The van der Waals surface area contributed by atoms with Crippen molar-refractivity contribution in [3.8, 4) is 11.5 Å². The number of hydrogen-bond donors (Lipinski definition) is 2. The quantitative estimate of drug-likeness (QED) is 0.773. The Morgan fingerprint density at radius 3 is 2.64 bits per heavy atom. The summed E-state index contributed by atoms with van der Waals surface area (Å²) < 4.78 is 42.2. The van der Waals surface area contributed by atoms with Gasteiger partial charge in [0.2, 0.25) is 16.0 Å². The molecule has 4 unspecified atom stereocenters. The second-order valence-electron chi connectivity index (χ2n) is 6.09. The summed E-state index contributed by atoms with van der Waals surface area (Å²) >= 11 is 0. The Kier molecular flexibility index (Phi) is 4.20. The van der Waals surface area contributed by atoms with Crippen molar-refractivity contribution in [2.75, 3.05) is 24.8 Å². The fourth-order valence-corrected chi connectivity index (χ4v) is 3.91. The molecule has 10 heteroatoms. The maximum absolute atomic E-state index is 11.4. The SMILES string of the molecule is CS(=O)(=O)NC1COC2C(Nc3nccc(-c4ccco4)n3)COC12. The molecule has 2 aromatic heterocycles. The van der Waals surface area contributed by atoms with E-state index in [9.17, 15) is 8.42 Å². The summed E-state index contributed by atoms with van der Waals surface area (Å²) in [7, 11) is -3.32. The highest BCUT2D eigenvalue weighted by atomic mass is 32.2. The number of rotatable bonds is 5. The second-order valence-corrected chi connectivity index (χ2v) is 7.87. The fourth-order valence-electron chi connectivity index (χ4n) is 3.15. The Balaban J connectivity index is 1.45. The Hall–Kier alpha value is -2.01. The molecule has 0 aromatic carbocycles. The van der Waals surface area contributed by atoms with E-state index in [0.717, 1.165) is 6.26 Å². The normalized spacial score (nSPS) is 28.8. The van der Waals surface area contributed by atoms with Gasteiger partial charge in [0, 0.05) is 6.20 Å². The van der Waals surface area contributed by atoms with Crippen molar-refractivity contribution >= 4 is 16.0 Å². The van der Waals surface area contributed by atoms with Crippen molar-refractivity contribution in [2.24, 2.45) is 0 Å². The maximum atomic E-state index is 11.4. The number of aromatic nitrogens is 2. The molecule has 2 saturated heterocycles. The number of nitrogens with one attached hydrogen (secondary N) is 2. The van der Waals surface area contributed by atoms with Crippen LogP contribution in [0, 0.1) is 0 Å². The van der Waals surface area contributed by atoms with Crippen molar-refractivity contribution in [2.45, 2.75) is 24.3 Å². The smallest absolute Gasteiger partial charge is 0.223 e. The highest BCUT2D eigenvalue weighted by Crippen LogP contribution is 2.29. The molecule has 9 nitrogen and oxygen atoms in total. The summed E-state index contributed by atoms with van der Waals surface area (Å²) in [6.07, 6.45) is 3.75. The average molecular weight is 366 g/mol. The molecule has 4 rings (SSSR count). The summed E-state index contributed by atoms with van der Waals surface area (Å²) in [6, 6.07) is 4.82. The fraction of sp³-hybridized carbons (Fsp3) is 0.467. The minimum absolute atomic E-state index is 0.164. The van der Waals surface area contributed by atoms with Gasteiger partial charge in [0.15, 0.2) is 5.76 Å². The Morgan fingerprint density at radius 2 is 1.92 bits per heavy atom. The van der Waals surface area contributed by atoms with Crippen LogP contribution in [0.15, 0.2) is 35.1 Å². The molecule has 0 radical (unpaired) electrons. The van der Waals surface area contributed by atoms with Gasteiger partial charge in [0.25, 0.3) is 0 Å². The topological polar surface area (TPSA) is 116 Å². The number of fused-ring (bicyclic) bond motifs is 1. The molecule has 2 aliphatic rings. The van der Waals surface area contributed by atoms with E-state index in [4.69, 9.17) is 13.9 Å². The number of anilines is 1. The number of sulfonamides is 1. The average Bonchev–Trinajstić information content (AvgIpc) is 3.27. The van der Waals surface area contributed by atoms with Gasteiger partial charge in [0.1, 0.15) is 17.9 Å². The molecule has 2 aliphatic heterocycles. The van der Waals surface area contributed by atoms with E-state index in [1.165, 1.54) is 0 Å². The number of nitrogens with zero attached hydrogens (tertiary/aromatic N) is 2. The first-order valence-corrected chi connectivity index (χ1v) is 9.73. The predicted molar refractivity (Wildman–Crippen MR) is 88.4 cm³/mol. The second kappa shape index (κ2) is 6.37. The van der Waals surface area contributed by atoms with E-state index in [0.29, 0.717) is 24.0 Å². The van der Waals surface area contributed by atoms with E-state index in [-0.39, 0.29) is 30.9 Å². The molecule has 0 aliphatic carbocycles. The summed E-state index contributed by atoms with van der Waals surface area (Å²) in [5.41, 5.74) is 0.668. The lowest BCUT2D eigenvalue weighted by Gasteiger charge is -2.18. The van der Waals surface area contributed by atoms with Crippen molar-refractivity contribution in [1.82, 2.24) is 14.7 Å². The first-order valence-electron chi connectivity index (χ1n) is 7.83. The lowest BCUT2D eigenvalue weighted by atomic mass is 10.1. The van der Waals surface area contributed by atoms with Crippen molar-refractivity contribution < 1.29 is 22.3 Å². The maximum Gasteiger partial charge on any atom is 0.223 e. The van der Waals surface area contributed by atoms with Gasteiger partial charge in [-0.1, -0.05) is 0 Å². The summed E-state index contributed by atoms with van der Waals surface area (Å²) in [6.45, 7) is 0.652. The van der Waals surface area contributed by atoms with Crippen LogP contribution in [0.3, 0.4) is 0 Å². The van der Waals surface area contributed by atoms with Gasteiger partial charge in [-0.2, -0.15) is 0 Å². The number of hydrogen-bond acceptors (Lipinski definition) is 8. The summed E-state index contributed by atoms with van der Waals surface area (Å²) in [5.74, 6) is 1.09. The largest absolute Gasteiger partial charge is 0.463 e. The van der Waals surface area contributed by atoms with Crippen LogP contribution in [0.5, 0.6) is 0 Å².